The molecule has 1 aromatic heterocycles. The number of hydrogen-bond donors (Lipinski definition) is 2. The molecular weight excluding hydrogens is 254 g/mol. The number of hydrogen-bond acceptors (Lipinski definition) is 3. The third-order valence-corrected chi connectivity index (χ3v) is 3.42. The lowest BCUT2D eigenvalue weighted by atomic mass is 9.95. The minimum Gasteiger partial charge on any atom is -0.480 e. The Labute approximate surface area is 121 Å². The van der Waals surface area contributed by atoms with Crippen molar-refractivity contribution in [3.05, 3.63) is 18.2 Å². The van der Waals surface area contributed by atoms with E-state index in [-0.39, 0.29) is 6.04 Å². The van der Waals surface area contributed by atoms with Crippen molar-refractivity contribution in [1.29, 1.82) is 0 Å². The van der Waals surface area contributed by atoms with E-state index in [9.17, 15) is 9.90 Å². The highest BCUT2D eigenvalue weighted by molar-refractivity contribution is 5.78. The third kappa shape index (κ3) is 4.34. The molecule has 0 aliphatic heterocycles. The highest BCUT2D eigenvalue weighted by Crippen LogP contribution is 2.17. The number of aryl methyl sites for hydroxylation is 1. The smallest absolute Gasteiger partial charge is 0.323 e. The molecule has 0 aliphatic rings. The third-order valence-electron chi connectivity index (χ3n) is 3.42. The van der Waals surface area contributed by atoms with Crippen LogP contribution in [0.3, 0.4) is 0 Å². The van der Waals surface area contributed by atoms with Crippen LogP contribution >= 0.6 is 0 Å². The van der Waals surface area contributed by atoms with E-state index < -0.39 is 11.5 Å². The standard InChI is InChI=1S/C15H27N3O2/c1-11(2)13-16-8-10-18(13)9-6-7-15(5,14(19)20)17-12(3)4/h8,10-12,17H,6-7,9H2,1-5H3,(H,19,20). The van der Waals surface area contributed by atoms with Crippen LogP contribution in [0.1, 0.15) is 59.2 Å². The van der Waals surface area contributed by atoms with Gasteiger partial charge in [0.1, 0.15) is 11.4 Å². The lowest BCUT2D eigenvalue weighted by Crippen LogP contribution is -2.52. The predicted molar refractivity (Wildman–Crippen MR) is 79.9 cm³/mol. The van der Waals surface area contributed by atoms with Gasteiger partial charge in [-0.05, 0) is 33.6 Å². The Morgan fingerprint density at radius 2 is 2.10 bits per heavy atom. The molecule has 0 fully saturated rings. The summed E-state index contributed by atoms with van der Waals surface area (Å²) in [5, 5.41) is 12.5. The summed E-state index contributed by atoms with van der Waals surface area (Å²) in [6.07, 6.45) is 5.16. The zero-order valence-electron chi connectivity index (χ0n) is 13.2. The van der Waals surface area contributed by atoms with Crippen molar-refractivity contribution in [2.75, 3.05) is 0 Å². The van der Waals surface area contributed by atoms with E-state index in [0.717, 1.165) is 18.8 Å². The number of nitrogens with one attached hydrogen (secondary N) is 1. The van der Waals surface area contributed by atoms with Crippen LogP contribution in [0.2, 0.25) is 0 Å². The molecule has 1 heterocycles. The first kappa shape index (κ1) is 16.7. The predicted octanol–water partition coefficient (Wildman–Crippen LogP) is 2.63. The molecule has 1 atom stereocenters. The number of imidazole rings is 1. The molecule has 1 rings (SSSR count). The number of carbonyl (C=O) groups is 1. The molecule has 20 heavy (non-hydrogen) atoms. The van der Waals surface area contributed by atoms with E-state index in [2.05, 4.69) is 28.7 Å². The summed E-state index contributed by atoms with van der Waals surface area (Å²) in [6, 6.07) is 0.149. The number of aliphatic carboxylic acids is 1. The molecule has 0 spiro atoms. The molecule has 1 unspecified atom stereocenters. The Bertz CT molecular complexity index is 440. The lowest BCUT2D eigenvalue weighted by molar-refractivity contribution is -0.144. The van der Waals surface area contributed by atoms with Gasteiger partial charge in [-0.3, -0.25) is 10.1 Å². The normalized spacial score (nSPS) is 14.8. The fraction of sp³-hybridized carbons (Fsp3) is 0.733. The molecule has 0 aliphatic carbocycles. The number of rotatable bonds is 8. The van der Waals surface area contributed by atoms with E-state index >= 15 is 0 Å². The Kier molecular flexibility index (Phi) is 5.74. The molecule has 0 saturated heterocycles. The van der Waals surface area contributed by atoms with Crippen LogP contribution in [0.5, 0.6) is 0 Å². The van der Waals surface area contributed by atoms with E-state index in [1.807, 2.05) is 20.0 Å². The van der Waals surface area contributed by atoms with E-state index in [0.29, 0.717) is 12.3 Å². The van der Waals surface area contributed by atoms with Crippen molar-refractivity contribution in [2.45, 2.75) is 71.5 Å². The number of aromatic nitrogens is 2. The van der Waals surface area contributed by atoms with Gasteiger partial charge in [0.05, 0.1) is 0 Å². The molecular formula is C15H27N3O2. The second-order valence-electron chi connectivity index (χ2n) is 6.17. The van der Waals surface area contributed by atoms with Crippen LogP contribution in [0.4, 0.5) is 0 Å². The fourth-order valence-corrected chi connectivity index (χ4v) is 2.49. The van der Waals surface area contributed by atoms with Gasteiger partial charge in [0.25, 0.3) is 0 Å². The Balaban J connectivity index is 2.61. The Morgan fingerprint density at radius 3 is 2.60 bits per heavy atom. The fourth-order valence-electron chi connectivity index (χ4n) is 2.49. The van der Waals surface area contributed by atoms with Crippen molar-refractivity contribution in [1.82, 2.24) is 14.9 Å². The second-order valence-corrected chi connectivity index (χ2v) is 6.17. The van der Waals surface area contributed by atoms with E-state index in [1.54, 1.807) is 13.1 Å². The molecule has 5 nitrogen and oxygen atoms in total. The first-order valence-corrected chi connectivity index (χ1v) is 7.28. The van der Waals surface area contributed by atoms with Gasteiger partial charge in [0.2, 0.25) is 0 Å². The maximum Gasteiger partial charge on any atom is 0.323 e. The average molecular weight is 281 g/mol. The molecule has 2 N–H and O–H groups in total. The molecule has 5 heteroatoms. The van der Waals surface area contributed by atoms with Gasteiger partial charge in [-0.2, -0.15) is 0 Å². The zero-order valence-corrected chi connectivity index (χ0v) is 13.2. The maximum absolute atomic E-state index is 11.4. The first-order valence-electron chi connectivity index (χ1n) is 7.28. The minimum atomic E-state index is -0.868. The zero-order chi connectivity index (χ0) is 15.3. The van der Waals surface area contributed by atoms with Crippen molar-refractivity contribution in [3.63, 3.8) is 0 Å². The number of nitrogens with zero attached hydrogens (tertiary/aromatic N) is 2. The van der Waals surface area contributed by atoms with Crippen LogP contribution in [0.15, 0.2) is 12.4 Å². The van der Waals surface area contributed by atoms with Gasteiger partial charge >= 0.3 is 5.97 Å². The van der Waals surface area contributed by atoms with Crippen molar-refractivity contribution < 1.29 is 9.90 Å². The second kappa shape index (κ2) is 6.88. The summed E-state index contributed by atoms with van der Waals surface area (Å²) in [5.74, 6) is 0.643. The van der Waals surface area contributed by atoms with Crippen molar-refractivity contribution in [2.24, 2.45) is 0 Å². The topological polar surface area (TPSA) is 67.2 Å². The molecule has 0 aromatic carbocycles. The van der Waals surface area contributed by atoms with E-state index in [1.165, 1.54) is 0 Å². The number of carboxylic acids is 1. The van der Waals surface area contributed by atoms with E-state index in [4.69, 9.17) is 0 Å². The Morgan fingerprint density at radius 1 is 1.45 bits per heavy atom. The van der Waals surface area contributed by atoms with Gasteiger partial charge in [-0.25, -0.2) is 4.98 Å². The summed E-state index contributed by atoms with van der Waals surface area (Å²) in [4.78, 5) is 15.8. The summed E-state index contributed by atoms with van der Waals surface area (Å²) in [6.45, 7) is 10.7. The Hall–Kier alpha value is -1.36. The maximum atomic E-state index is 11.4. The van der Waals surface area contributed by atoms with Gasteiger partial charge in [-0.15, -0.1) is 0 Å². The molecule has 1 aromatic rings. The molecule has 0 saturated carbocycles. The molecule has 0 bridgehead atoms. The van der Waals surface area contributed by atoms with Crippen LogP contribution in [-0.4, -0.2) is 32.2 Å². The van der Waals surface area contributed by atoms with Crippen molar-refractivity contribution in [3.8, 4) is 0 Å². The first-order chi connectivity index (χ1) is 9.26. The summed E-state index contributed by atoms with van der Waals surface area (Å²) < 4.78 is 2.11. The van der Waals surface area contributed by atoms with Gasteiger partial charge in [0.15, 0.2) is 0 Å². The SMILES string of the molecule is CC(C)NC(C)(CCCn1ccnc1C(C)C)C(=O)O. The highest BCUT2D eigenvalue weighted by atomic mass is 16.4. The van der Waals surface area contributed by atoms with Crippen molar-refractivity contribution >= 4 is 5.97 Å². The molecule has 0 radical (unpaired) electrons. The number of carboxylic acid groups (broad SMARTS) is 1. The van der Waals surface area contributed by atoms with Crippen LogP contribution in [0.25, 0.3) is 0 Å². The summed E-state index contributed by atoms with van der Waals surface area (Å²) in [7, 11) is 0. The average Bonchev–Trinajstić information content (AvgIpc) is 2.76. The van der Waals surface area contributed by atoms with Gasteiger partial charge in [0, 0.05) is 30.9 Å². The van der Waals surface area contributed by atoms with Crippen LogP contribution in [-0.2, 0) is 11.3 Å². The molecule has 114 valence electrons. The van der Waals surface area contributed by atoms with Gasteiger partial charge < -0.3 is 9.67 Å². The van der Waals surface area contributed by atoms with Crippen LogP contribution in [0, 0.1) is 0 Å². The monoisotopic (exact) mass is 281 g/mol. The molecule has 0 amide bonds. The lowest BCUT2D eigenvalue weighted by Gasteiger charge is -2.28. The highest BCUT2D eigenvalue weighted by Gasteiger charge is 2.32. The quantitative estimate of drug-likeness (QED) is 0.768. The minimum absolute atomic E-state index is 0.149. The van der Waals surface area contributed by atoms with Gasteiger partial charge in [-0.1, -0.05) is 13.8 Å². The van der Waals surface area contributed by atoms with Crippen LogP contribution < -0.4 is 5.32 Å². The largest absolute Gasteiger partial charge is 0.480 e. The summed E-state index contributed by atoms with van der Waals surface area (Å²) in [5.41, 5.74) is -0.868. The summed E-state index contributed by atoms with van der Waals surface area (Å²) >= 11 is 0.